The quantitative estimate of drug-likeness (QED) is 0.604. The minimum absolute atomic E-state index is 0.0582. The maximum Gasteiger partial charge on any atom is 0.342 e. The molecule has 86 valence electrons. The van der Waals surface area contributed by atoms with Gasteiger partial charge >= 0.3 is 5.97 Å². The van der Waals surface area contributed by atoms with Gasteiger partial charge in [-0.1, -0.05) is 6.07 Å². The van der Waals surface area contributed by atoms with Crippen molar-refractivity contribution in [3.63, 3.8) is 0 Å². The molecule has 1 heterocycles. The number of cyclic esters (lactones) is 1. The molecule has 2 atom stereocenters. The van der Waals surface area contributed by atoms with Gasteiger partial charge in [-0.05, 0) is 18.6 Å². The molecule has 0 saturated carbocycles. The number of esters is 1. The van der Waals surface area contributed by atoms with Crippen LogP contribution in [-0.2, 0) is 11.3 Å². The van der Waals surface area contributed by atoms with Crippen LogP contribution in [0.4, 0.5) is 0 Å². The summed E-state index contributed by atoms with van der Waals surface area (Å²) in [6.07, 6.45) is -1.71. The molecule has 0 aliphatic carbocycles. The molecule has 1 aliphatic rings. The van der Waals surface area contributed by atoms with E-state index in [4.69, 9.17) is 9.84 Å². The predicted octanol–water partition coefficient (Wildman–Crippen LogP) is 0.477. The first-order valence-corrected chi connectivity index (χ1v) is 4.91. The fourth-order valence-electron chi connectivity index (χ4n) is 1.87. The van der Waals surface area contributed by atoms with Crippen LogP contribution in [0.1, 0.15) is 34.5 Å². The first kappa shape index (κ1) is 10.9. The molecule has 0 bridgehead atoms. The molecule has 0 saturated heterocycles. The van der Waals surface area contributed by atoms with Crippen LogP contribution in [0, 0.1) is 0 Å². The van der Waals surface area contributed by atoms with E-state index in [1.165, 1.54) is 12.1 Å². The largest absolute Gasteiger partial charge is 0.507 e. The van der Waals surface area contributed by atoms with Gasteiger partial charge in [0.25, 0.3) is 0 Å². The van der Waals surface area contributed by atoms with Gasteiger partial charge in [-0.2, -0.15) is 0 Å². The first-order chi connectivity index (χ1) is 7.56. The number of rotatable bonds is 1. The summed E-state index contributed by atoms with van der Waals surface area (Å²) in [6.45, 7) is 1.25. The zero-order valence-electron chi connectivity index (χ0n) is 8.67. The highest BCUT2D eigenvalue weighted by atomic mass is 16.6. The Balaban J connectivity index is 2.69. The van der Waals surface area contributed by atoms with Crippen LogP contribution in [0.2, 0.25) is 0 Å². The second-order valence-corrected chi connectivity index (χ2v) is 3.75. The van der Waals surface area contributed by atoms with E-state index in [0.29, 0.717) is 5.56 Å². The van der Waals surface area contributed by atoms with Crippen LogP contribution in [0.3, 0.4) is 0 Å². The number of aliphatic hydroxyl groups is 2. The van der Waals surface area contributed by atoms with Crippen LogP contribution < -0.4 is 0 Å². The zero-order valence-corrected chi connectivity index (χ0v) is 8.67. The second kappa shape index (κ2) is 3.77. The highest BCUT2D eigenvalue weighted by Crippen LogP contribution is 2.36. The van der Waals surface area contributed by atoms with E-state index in [1.54, 1.807) is 6.92 Å². The average Bonchev–Trinajstić information content (AvgIpc) is 2.25. The smallest absolute Gasteiger partial charge is 0.342 e. The summed E-state index contributed by atoms with van der Waals surface area (Å²) in [6, 6.07) is 2.77. The molecule has 5 heteroatoms. The van der Waals surface area contributed by atoms with Crippen molar-refractivity contribution in [2.45, 2.75) is 25.7 Å². The predicted molar refractivity (Wildman–Crippen MR) is 53.9 cm³/mol. The lowest BCUT2D eigenvalue weighted by Gasteiger charge is -2.29. The van der Waals surface area contributed by atoms with E-state index in [-0.39, 0.29) is 23.5 Å². The second-order valence-electron chi connectivity index (χ2n) is 3.75. The Morgan fingerprint density at radius 3 is 2.75 bits per heavy atom. The molecule has 16 heavy (non-hydrogen) atoms. The van der Waals surface area contributed by atoms with Crippen LogP contribution in [0.25, 0.3) is 0 Å². The monoisotopic (exact) mass is 224 g/mol. The fourth-order valence-corrected chi connectivity index (χ4v) is 1.87. The minimum Gasteiger partial charge on any atom is -0.507 e. The number of benzene rings is 1. The Kier molecular flexibility index (Phi) is 2.57. The number of aliphatic hydroxyl groups excluding tert-OH is 2. The molecule has 3 N–H and O–H groups in total. The highest BCUT2D eigenvalue weighted by molar-refractivity contribution is 5.95. The standard InChI is InChI=1S/C11H12O5/c1-5-10(14)8-6(4-12)2-3-7(13)9(8)11(15)16-5/h2-3,5,10,12-14H,4H2,1H3/t5-,10+/m1/s1. The maximum absolute atomic E-state index is 11.6. The molecule has 5 nitrogen and oxygen atoms in total. The van der Waals surface area contributed by atoms with E-state index in [1.807, 2.05) is 0 Å². The first-order valence-electron chi connectivity index (χ1n) is 4.91. The molecule has 0 fully saturated rings. The molecule has 0 amide bonds. The van der Waals surface area contributed by atoms with Gasteiger partial charge < -0.3 is 20.1 Å². The van der Waals surface area contributed by atoms with Gasteiger partial charge in [0.2, 0.25) is 0 Å². The molecule has 1 aliphatic heterocycles. The third-order valence-corrected chi connectivity index (χ3v) is 2.72. The number of phenols is 1. The average molecular weight is 224 g/mol. The van der Waals surface area contributed by atoms with Gasteiger partial charge in [-0.3, -0.25) is 0 Å². The number of ether oxygens (including phenoxy) is 1. The molecule has 0 spiro atoms. The van der Waals surface area contributed by atoms with Gasteiger partial charge in [0.15, 0.2) is 0 Å². The van der Waals surface area contributed by atoms with Crippen molar-refractivity contribution in [3.8, 4) is 5.75 Å². The molecule has 2 rings (SSSR count). The lowest BCUT2D eigenvalue weighted by molar-refractivity contribution is -0.0223. The Hall–Kier alpha value is -1.59. The summed E-state index contributed by atoms with van der Waals surface area (Å²) in [4.78, 5) is 11.6. The van der Waals surface area contributed by atoms with Crippen molar-refractivity contribution < 1.29 is 24.9 Å². The van der Waals surface area contributed by atoms with Gasteiger partial charge in [0.05, 0.1) is 6.61 Å². The molecule has 0 aromatic heterocycles. The fraction of sp³-hybridized carbons (Fsp3) is 0.364. The van der Waals surface area contributed by atoms with Crippen molar-refractivity contribution in [2.24, 2.45) is 0 Å². The number of phenolic OH excluding ortho intramolecular Hbond substituents is 1. The molecule has 0 radical (unpaired) electrons. The van der Waals surface area contributed by atoms with Crippen molar-refractivity contribution in [2.75, 3.05) is 0 Å². The summed E-state index contributed by atoms with van der Waals surface area (Å²) in [5, 5.41) is 28.6. The van der Waals surface area contributed by atoms with Gasteiger partial charge in [0, 0.05) is 5.56 Å². The summed E-state index contributed by atoms with van der Waals surface area (Å²) in [5.74, 6) is -0.927. The highest BCUT2D eigenvalue weighted by Gasteiger charge is 2.35. The zero-order chi connectivity index (χ0) is 11.9. The third-order valence-electron chi connectivity index (χ3n) is 2.72. The van der Waals surface area contributed by atoms with E-state index in [9.17, 15) is 15.0 Å². The number of aromatic hydroxyl groups is 1. The van der Waals surface area contributed by atoms with E-state index >= 15 is 0 Å². The SMILES string of the molecule is C[C@H]1OC(=O)c2c(O)ccc(CO)c2[C@H]1O. The number of carbonyl (C=O) groups excluding carboxylic acids is 1. The molecular formula is C11H12O5. The molecular weight excluding hydrogens is 212 g/mol. The van der Waals surface area contributed by atoms with Crippen molar-refractivity contribution in [3.05, 3.63) is 28.8 Å². The van der Waals surface area contributed by atoms with Crippen LogP contribution in [0.5, 0.6) is 5.75 Å². The number of hydrogen-bond donors (Lipinski definition) is 3. The van der Waals surface area contributed by atoms with Gasteiger partial charge in [0.1, 0.15) is 23.5 Å². The summed E-state index contributed by atoms with van der Waals surface area (Å²) < 4.78 is 4.87. The lowest BCUT2D eigenvalue weighted by atomic mass is 9.91. The number of carbonyl (C=O) groups is 1. The summed E-state index contributed by atoms with van der Waals surface area (Å²) >= 11 is 0. The Morgan fingerprint density at radius 1 is 1.44 bits per heavy atom. The minimum atomic E-state index is -1.03. The maximum atomic E-state index is 11.6. The van der Waals surface area contributed by atoms with Crippen LogP contribution >= 0.6 is 0 Å². The Morgan fingerprint density at radius 2 is 2.12 bits per heavy atom. The number of hydrogen-bond acceptors (Lipinski definition) is 5. The summed E-state index contributed by atoms with van der Waals surface area (Å²) in [7, 11) is 0. The normalized spacial score (nSPS) is 23.8. The van der Waals surface area contributed by atoms with E-state index < -0.39 is 18.2 Å². The Bertz CT molecular complexity index is 440. The lowest BCUT2D eigenvalue weighted by Crippen LogP contribution is -2.31. The van der Waals surface area contributed by atoms with Crippen molar-refractivity contribution in [1.29, 1.82) is 0 Å². The Labute approximate surface area is 91.9 Å². The topological polar surface area (TPSA) is 87.0 Å². The van der Waals surface area contributed by atoms with Crippen LogP contribution in [-0.4, -0.2) is 27.4 Å². The van der Waals surface area contributed by atoms with Crippen molar-refractivity contribution >= 4 is 5.97 Å². The van der Waals surface area contributed by atoms with E-state index in [2.05, 4.69) is 0 Å². The summed E-state index contributed by atoms with van der Waals surface area (Å²) in [5.41, 5.74) is 0.618. The van der Waals surface area contributed by atoms with E-state index in [0.717, 1.165) is 0 Å². The van der Waals surface area contributed by atoms with Gasteiger partial charge in [-0.15, -0.1) is 0 Å². The van der Waals surface area contributed by atoms with Crippen molar-refractivity contribution in [1.82, 2.24) is 0 Å². The van der Waals surface area contributed by atoms with Crippen LogP contribution in [0.15, 0.2) is 12.1 Å². The van der Waals surface area contributed by atoms with Gasteiger partial charge in [-0.25, -0.2) is 4.79 Å². The molecule has 1 aromatic rings. The number of fused-ring (bicyclic) bond motifs is 1. The third kappa shape index (κ3) is 1.45. The molecule has 0 unspecified atom stereocenters. The molecule has 1 aromatic carbocycles.